The van der Waals surface area contributed by atoms with Crippen LogP contribution in [-0.4, -0.2) is 26.9 Å². The van der Waals surface area contributed by atoms with Gasteiger partial charge in [0.1, 0.15) is 18.6 Å². The number of imidazole rings is 1. The number of halogens is 4. The number of aromatic nitrogens is 2. The van der Waals surface area contributed by atoms with E-state index in [9.17, 15) is 32.5 Å². The van der Waals surface area contributed by atoms with Gasteiger partial charge in [-0.25, -0.2) is 13.9 Å². The van der Waals surface area contributed by atoms with Crippen molar-refractivity contribution in [2.75, 3.05) is 6.54 Å². The number of carbonyl (C=O) groups is 1. The quantitative estimate of drug-likeness (QED) is 0.504. The van der Waals surface area contributed by atoms with Crippen LogP contribution in [0.25, 0.3) is 0 Å². The summed E-state index contributed by atoms with van der Waals surface area (Å²) in [5, 5.41) is 13.0. The van der Waals surface area contributed by atoms with E-state index in [1.54, 1.807) is 0 Å². The van der Waals surface area contributed by atoms with Gasteiger partial charge in [0.05, 0.1) is 17.7 Å². The van der Waals surface area contributed by atoms with Gasteiger partial charge >= 0.3 is 12.0 Å². The fraction of sp³-hybridized carbons (Fsp3) is 0.286. The van der Waals surface area contributed by atoms with Gasteiger partial charge in [0.25, 0.3) is 5.91 Å². The summed E-state index contributed by atoms with van der Waals surface area (Å²) in [5.41, 5.74) is -2.12. The van der Waals surface area contributed by atoms with Gasteiger partial charge in [-0.05, 0) is 23.1 Å². The average molecular weight is 360 g/mol. The molecule has 1 aromatic carbocycles. The lowest BCUT2D eigenvalue weighted by Gasteiger charge is -2.13. The highest BCUT2D eigenvalue weighted by Crippen LogP contribution is 2.32. The van der Waals surface area contributed by atoms with E-state index in [1.807, 2.05) is 0 Å². The van der Waals surface area contributed by atoms with Crippen LogP contribution in [0.5, 0.6) is 0 Å². The van der Waals surface area contributed by atoms with Crippen molar-refractivity contribution in [1.82, 2.24) is 14.9 Å². The smallest absolute Gasteiger partial charge is 0.358 e. The van der Waals surface area contributed by atoms with Crippen molar-refractivity contribution < 1.29 is 27.3 Å². The summed E-state index contributed by atoms with van der Waals surface area (Å²) in [6.07, 6.45) is -3.79. The number of hydrogen-bond donors (Lipinski definition) is 1. The Kier molecular flexibility index (Phi) is 5.04. The van der Waals surface area contributed by atoms with Gasteiger partial charge in [0, 0.05) is 6.92 Å². The lowest BCUT2D eigenvalue weighted by atomic mass is 10.1. The number of hydrogen-bond acceptors (Lipinski definition) is 4. The van der Waals surface area contributed by atoms with E-state index in [4.69, 9.17) is 0 Å². The minimum atomic E-state index is -4.82. The van der Waals surface area contributed by atoms with Crippen LogP contribution in [-0.2, 0) is 12.7 Å². The number of carbonyl (C=O) groups excluding carboxylic acids is 1. The van der Waals surface area contributed by atoms with Crippen molar-refractivity contribution in [3.63, 3.8) is 0 Å². The summed E-state index contributed by atoms with van der Waals surface area (Å²) < 4.78 is 53.1. The van der Waals surface area contributed by atoms with Crippen LogP contribution < -0.4 is 5.32 Å². The van der Waals surface area contributed by atoms with Crippen molar-refractivity contribution in [2.45, 2.75) is 19.6 Å². The lowest BCUT2D eigenvalue weighted by molar-refractivity contribution is -0.392. The maximum atomic E-state index is 13.2. The molecule has 0 aliphatic rings. The van der Waals surface area contributed by atoms with E-state index in [2.05, 4.69) is 10.3 Å². The third-order valence-corrected chi connectivity index (χ3v) is 3.37. The molecule has 7 nitrogen and oxygen atoms in total. The lowest BCUT2D eigenvalue weighted by Crippen LogP contribution is -2.29. The van der Waals surface area contributed by atoms with Gasteiger partial charge in [-0.1, -0.05) is 0 Å². The van der Waals surface area contributed by atoms with E-state index in [-0.39, 0.29) is 18.9 Å². The Bertz CT molecular complexity index is 817. The molecule has 0 aliphatic heterocycles. The third kappa shape index (κ3) is 4.11. The minimum Gasteiger partial charge on any atom is -0.358 e. The Morgan fingerprint density at radius 2 is 2.08 bits per heavy atom. The Morgan fingerprint density at radius 1 is 1.40 bits per heavy atom. The molecule has 0 fully saturated rings. The minimum absolute atomic E-state index is 0.0788. The molecule has 25 heavy (non-hydrogen) atoms. The molecule has 1 N–H and O–H groups in total. The van der Waals surface area contributed by atoms with Crippen molar-refractivity contribution >= 4 is 11.7 Å². The fourth-order valence-electron chi connectivity index (χ4n) is 2.21. The molecule has 0 unspecified atom stereocenters. The average Bonchev–Trinajstić information content (AvgIpc) is 2.87. The van der Waals surface area contributed by atoms with Crippen LogP contribution in [0.3, 0.4) is 0 Å². The molecule has 2 aromatic rings. The van der Waals surface area contributed by atoms with Gasteiger partial charge in [-0.2, -0.15) is 13.2 Å². The zero-order chi connectivity index (χ0) is 18.8. The maximum absolute atomic E-state index is 13.2. The molecule has 0 radical (unpaired) electrons. The first-order chi connectivity index (χ1) is 11.6. The highest BCUT2D eigenvalue weighted by atomic mass is 19.4. The molecule has 0 atom stereocenters. The van der Waals surface area contributed by atoms with Crippen LogP contribution in [0, 0.1) is 22.9 Å². The number of alkyl halides is 3. The molecule has 0 aliphatic carbocycles. The molecule has 0 saturated heterocycles. The van der Waals surface area contributed by atoms with Crippen molar-refractivity contribution in [3.05, 3.63) is 57.3 Å². The van der Waals surface area contributed by atoms with Gasteiger partial charge < -0.3 is 15.4 Å². The molecule has 0 bridgehead atoms. The van der Waals surface area contributed by atoms with Crippen molar-refractivity contribution in [3.8, 4) is 0 Å². The first kappa shape index (κ1) is 18.4. The highest BCUT2D eigenvalue weighted by Gasteiger charge is 2.35. The molecule has 0 saturated carbocycles. The van der Waals surface area contributed by atoms with Gasteiger partial charge in [0.15, 0.2) is 5.82 Å². The van der Waals surface area contributed by atoms with E-state index in [0.29, 0.717) is 24.0 Å². The van der Waals surface area contributed by atoms with Crippen molar-refractivity contribution in [1.29, 1.82) is 0 Å². The Hall–Kier alpha value is -2.98. The molecular formula is C14H12F4N4O3. The second-order valence-electron chi connectivity index (χ2n) is 5.02. The van der Waals surface area contributed by atoms with Crippen LogP contribution in [0.2, 0.25) is 0 Å². The highest BCUT2D eigenvalue weighted by molar-refractivity contribution is 5.95. The number of aryl methyl sites for hydroxylation is 1. The van der Waals surface area contributed by atoms with Crippen molar-refractivity contribution in [2.24, 2.45) is 0 Å². The number of rotatable bonds is 5. The van der Waals surface area contributed by atoms with Crippen LogP contribution in [0.4, 0.5) is 23.4 Å². The van der Waals surface area contributed by atoms with Crippen LogP contribution in [0.1, 0.15) is 21.7 Å². The largest absolute Gasteiger partial charge is 0.417 e. The molecule has 0 spiro atoms. The number of amides is 1. The number of benzene rings is 1. The Balaban J connectivity index is 2.13. The first-order valence-corrected chi connectivity index (χ1v) is 6.92. The second kappa shape index (κ2) is 6.87. The molecule has 1 heterocycles. The zero-order valence-corrected chi connectivity index (χ0v) is 12.8. The molecule has 11 heteroatoms. The Labute approximate surface area is 138 Å². The van der Waals surface area contributed by atoms with E-state index in [1.165, 1.54) is 11.5 Å². The summed E-state index contributed by atoms with van der Waals surface area (Å²) in [7, 11) is 0. The Morgan fingerprint density at radius 3 is 2.68 bits per heavy atom. The molecule has 134 valence electrons. The van der Waals surface area contributed by atoms with E-state index < -0.39 is 34.0 Å². The van der Waals surface area contributed by atoms with Crippen LogP contribution >= 0.6 is 0 Å². The first-order valence-electron chi connectivity index (χ1n) is 6.92. The maximum Gasteiger partial charge on any atom is 0.417 e. The third-order valence-electron chi connectivity index (χ3n) is 3.37. The zero-order valence-electron chi connectivity index (χ0n) is 12.8. The SMILES string of the molecule is Cc1ncc([N+](=O)[O-])n1CCNC(=O)c1cc(F)ccc1C(F)(F)F. The van der Waals surface area contributed by atoms with E-state index in [0.717, 1.165) is 6.20 Å². The number of nitrogens with zero attached hydrogens (tertiary/aromatic N) is 3. The molecular weight excluding hydrogens is 348 g/mol. The normalized spacial score (nSPS) is 11.4. The topological polar surface area (TPSA) is 90.1 Å². The fourth-order valence-corrected chi connectivity index (χ4v) is 2.21. The standard InChI is InChI=1S/C14H12F4N4O3/c1-8-20-7-12(22(24)25)21(8)5-4-19-13(23)10-6-9(15)2-3-11(10)14(16,17)18/h2-3,6-7H,4-5H2,1H3,(H,19,23). The predicted octanol–water partition coefficient (Wildman–Crippen LogP) is 2.69. The summed E-state index contributed by atoms with van der Waals surface area (Å²) in [6.45, 7) is 1.22. The molecule has 1 aromatic heterocycles. The summed E-state index contributed by atoms with van der Waals surface area (Å²) in [5.74, 6) is -2.12. The summed E-state index contributed by atoms with van der Waals surface area (Å²) >= 11 is 0. The second-order valence-corrected chi connectivity index (χ2v) is 5.02. The monoisotopic (exact) mass is 360 g/mol. The van der Waals surface area contributed by atoms with Gasteiger partial charge in [-0.15, -0.1) is 0 Å². The predicted molar refractivity (Wildman–Crippen MR) is 77.4 cm³/mol. The summed E-state index contributed by atoms with van der Waals surface area (Å²) in [4.78, 5) is 25.9. The van der Waals surface area contributed by atoms with E-state index >= 15 is 0 Å². The van der Waals surface area contributed by atoms with Crippen LogP contribution in [0.15, 0.2) is 24.4 Å². The summed E-state index contributed by atoms with van der Waals surface area (Å²) in [6, 6.07) is 1.58. The van der Waals surface area contributed by atoms with Gasteiger partial charge in [-0.3, -0.25) is 4.79 Å². The number of nitro groups is 1. The molecule has 2 rings (SSSR count). The molecule has 1 amide bonds. The van der Waals surface area contributed by atoms with Gasteiger partial charge in [0.2, 0.25) is 0 Å². The number of nitrogens with one attached hydrogen (secondary N) is 1.